The molecule has 148 valence electrons. The van der Waals surface area contributed by atoms with Crippen LogP contribution in [0.15, 0.2) is 70.1 Å². The fourth-order valence-electron chi connectivity index (χ4n) is 4.04. The number of aliphatic hydroxyl groups excluding tert-OH is 1. The van der Waals surface area contributed by atoms with Gasteiger partial charge in [0.15, 0.2) is 0 Å². The van der Waals surface area contributed by atoms with Gasteiger partial charge in [-0.15, -0.1) is 11.3 Å². The van der Waals surface area contributed by atoms with Crippen molar-refractivity contribution >= 4 is 39.4 Å². The first kappa shape index (κ1) is 18.8. The van der Waals surface area contributed by atoms with E-state index >= 15 is 0 Å². The summed E-state index contributed by atoms with van der Waals surface area (Å²) in [5, 5.41) is 9.80. The molecule has 0 saturated carbocycles. The summed E-state index contributed by atoms with van der Waals surface area (Å²) in [5.41, 5.74) is 6.49. The molecule has 0 bridgehead atoms. The van der Waals surface area contributed by atoms with E-state index in [1.807, 2.05) is 40.7 Å². The number of hydrogen-bond donors (Lipinski definition) is 1. The monoisotopic (exact) mass is 423 g/mol. The summed E-state index contributed by atoms with van der Waals surface area (Å²) in [6.45, 7) is 2.93. The average molecular weight is 424 g/mol. The standard InChI is InChI=1S/C22H21N3O2S2/c26-13-19(15-4-2-1-3-5-15)22(27)24-9-16-11-25(12-17(16)10-24)29-18-6-7-20-21(8-18)28-14-23-20/h1-8,14,19,26H,9-13H2. The van der Waals surface area contributed by atoms with Crippen LogP contribution < -0.4 is 0 Å². The molecule has 2 aliphatic heterocycles. The predicted molar refractivity (Wildman–Crippen MR) is 117 cm³/mol. The van der Waals surface area contributed by atoms with E-state index in [9.17, 15) is 9.90 Å². The molecule has 3 heterocycles. The minimum absolute atomic E-state index is 0.0166. The van der Waals surface area contributed by atoms with Gasteiger partial charge in [-0.3, -0.25) is 4.79 Å². The van der Waals surface area contributed by atoms with Crippen LogP contribution in [-0.4, -0.2) is 58.0 Å². The van der Waals surface area contributed by atoms with Crippen molar-refractivity contribution in [3.8, 4) is 0 Å². The van der Waals surface area contributed by atoms with Crippen LogP contribution in [0.5, 0.6) is 0 Å². The zero-order valence-electron chi connectivity index (χ0n) is 15.8. The number of thiazole rings is 1. The molecule has 0 spiro atoms. The van der Waals surface area contributed by atoms with Crippen molar-refractivity contribution in [1.82, 2.24) is 14.2 Å². The maximum Gasteiger partial charge on any atom is 0.233 e. The number of carbonyl (C=O) groups is 1. The molecule has 0 saturated heterocycles. The Hall–Kier alpha value is -2.19. The summed E-state index contributed by atoms with van der Waals surface area (Å²) >= 11 is 3.44. The quantitative estimate of drug-likeness (QED) is 0.503. The second-order valence-electron chi connectivity index (χ2n) is 7.42. The molecule has 3 aromatic rings. The smallest absolute Gasteiger partial charge is 0.233 e. The molecule has 1 aromatic heterocycles. The molecule has 5 nitrogen and oxygen atoms in total. The Bertz CT molecular complexity index is 1060. The Labute approximate surface area is 177 Å². The summed E-state index contributed by atoms with van der Waals surface area (Å²) in [6, 6.07) is 16.0. The number of rotatable bonds is 5. The van der Waals surface area contributed by atoms with Gasteiger partial charge in [0.05, 0.1) is 28.3 Å². The number of fused-ring (bicyclic) bond motifs is 1. The zero-order chi connectivity index (χ0) is 19.8. The largest absolute Gasteiger partial charge is 0.395 e. The van der Waals surface area contributed by atoms with Gasteiger partial charge in [0.25, 0.3) is 0 Å². The lowest BCUT2D eigenvalue weighted by molar-refractivity contribution is -0.132. The molecule has 1 unspecified atom stereocenters. The fourth-order valence-corrected chi connectivity index (χ4v) is 5.87. The van der Waals surface area contributed by atoms with Gasteiger partial charge in [0, 0.05) is 31.1 Å². The number of hydrogen-bond acceptors (Lipinski definition) is 6. The van der Waals surface area contributed by atoms with Gasteiger partial charge in [-0.05, 0) is 46.9 Å². The minimum Gasteiger partial charge on any atom is -0.395 e. The molecular formula is C22H21N3O2S2. The lowest BCUT2D eigenvalue weighted by atomic mass is 9.98. The summed E-state index contributed by atoms with van der Waals surface area (Å²) in [6.07, 6.45) is 0. The van der Waals surface area contributed by atoms with Crippen molar-refractivity contribution in [2.45, 2.75) is 10.8 Å². The van der Waals surface area contributed by atoms with Crippen molar-refractivity contribution < 1.29 is 9.90 Å². The topological polar surface area (TPSA) is 56.7 Å². The summed E-state index contributed by atoms with van der Waals surface area (Å²) in [4.78, 5) is 20.4. The minimum atomic E-state index is -0.479. The third kappa shape index (κ3) is 3.71. The highest BCUT2D eigenvalue weighted by Gasteiger charge is 2.35. The van der Waals surface area contributed by atoms with Crippen molar-refractivity contribution in [3.63, 3.8) is 0 Å². The number of amides is 1. The average Bonchev–Trinajstić information content (AvgIpc) is 3.43. The summed E-state index contributed by atoms with van der Waals surface area (Å²) < 4.78 is 3.57. The van der Waals surface area contributed by atoms with Crippen LogP contribution in [0.2, 0.25) is 0 Å². The molecule has 0 radical (unpaired) electrons. The van der Waals surface area contributed by atoms with Crippen LogP contribution in [0.4, 0.5) is 0 Å². The first-order valence-electron chi connectivity index (χ1n) is 9.62. The number of benzene rings is 2. The maximum atomic E-state index is 13.0. The predicted octanol–water partition coefficient (Wildman–Crippen LogP) is 3.53. The molecule has 7 heteroatoms. The van der Waals surface area contributed by atoms with Gasteiger partial charge >= 0.3 is 0 Å². The van der Waals surface area contributed by atoms with Crippen LogP contribution in [-0.2, 0) is 4.79 Å². The normalized spacial score (nSPS) is 17.9. The molecule has 0 fully saturated rings. The number of nitrogens with zero attached hydrogens (tertiary/aromatic N) is 3. The highest BCUT2D eigenvalue weighted by Crippen LogP contribution is 2.35. The first-order valence-corrected chi connectivity index (χ1v) is 11.3. The molecule has 1 N–H and O–H groups in total. The summed E-state index contributed by atoms with van der Waals surface area (Å²) in [5.74, 6) is -0.462. The number of aromatic nitrogens is 1. The first-order chi connectivity index (χ1) is 14.2. The molecule has 5 rings (SSSR count). The van der Waals surface area contributed by atoms with Crippen LogP contribution in [0.25, 0.3) is 10.2 Å². The van der Waals surface area contributed by atoms with Crippen LogP contribution >= 0.6 is 23.3 Å². The summed E-state index contributed by atoms with van der Waals surface area (Å²) in [7, 11) is 0. The second kappa shape index (κ2) is 7.91. The van der Waals surface area contributed by atoms with Crippen LogP contribution in [0.1, 0.15) is 11.5 Å². The highest BCUT2D eigenvalue weighted by atomic mass is 32.2. The van der Waals surface area contributed by atoms with E-state index in [-0.39, 0.29) is 12.5 Å². The Morgan fingerprint density at radius 2 is 1.86 bits per heavy atom. The Kier molecular flexibility index (Phi) is 5.13. The van der Waals surface area contributed by atoms with E-state index in [1.165, 1.54) is 20.7 Å². The van der Waals surface area contributed by atoms with Crippen molar-refractivity contribution in [3.05, 3.63) is 70.8 Å². The maximum absolute atomic E-state index is 13.0. The molecular weight excluding hydrogens is 402 g/mol. The highest BCUT2D eigenvalue weighted by molar-refractivity contribution is 7.97. The van der Waals surface area contributed by atoms with Crippen molar-refractivity contribution in [2.24, 2.45) is 0 Å². The third-order valence-electron chi connectivity index (χ3n) is 5.53. The van der Waals surface area contributed by atoms with E-state index < -0.39 is 5.92 Å². The second-order valence-corrected chi connectivity index (χ2v) is 9.48. The Balaban J connectivity index is 1.21. The van der Waals surface area contributed by atoms with Gasteiger partial charge in [-0.1, -0.05) is 30.3 Å². The fraction of sp³-hybridized carbons (Fsp3) is 0.273. The van der Waals surface area contributed by atoms with Crippen molar-refractivity contribution in [1.29, 1.82) is 0 Å². The van der Waals surface area contributed by atoms with Crippen molar-refractivity contribution in [2.75, 3.05) is 32.8 Å². The molecule has 1 amide bonds. The molecule has 29 heavy (non-hydrogen) atoms. The Morgan fingerprint density at radius 3 is 2.59 bits per heavy atom. The van der Waals surface area contributed by atoms with E-state index in [1.54, 1.807) is 23.3 Å². The Morgan fingerprint density at radius 1 is 1.10 bits per heavy atom. The lowest BCUT2D eigenvalue weighted by Crippen LogP contribution is -2.37. The van der Waals surface area contributed by atoms with E-state index in [2.05, 4.69) is 27.5 Å². The number of carbonyl (C=O) groups excluding carboxylic acids is 1. The third-order valence-corrected chi connectivity index (χ3v) is 7.30. The van der Waals surface area contributed by atoms with Gasteiger partial charge in [0.1, 0.15) is 0 Å². The molecule has 0 aliphatic carbocycles. The molecule has 1 atom stereocenters. The number of aliphatic hydroxyl groups is 1. The lowest BCUT2D eigenvalue weighted by Gasteiger charge is -2.25. The van der Waals surface area contributed by atoms with E-state index in [0.717, 1.165) is 24.2 Å². The van der Waals surface area contributed by atoms with Gasteiger partial charge in [-0.25, -0.2) is 9.29 Å². The van der Waals surface area contributed by atoms with Crippen LogP contribution in [0.3, 0.4) is 0 Å². The van der Waals surface area contributed by atoms with Gasteiger partial charge < -0.3 is 10.0 Å². The van der Waals surface area contributed by atoms with Gasteiger partial charge in [0.2, 0.25) is 5.91 Å². The SMILES string of the molecule is O=C(C(CO)c1ccccc1)N1CC2=C(CN(Sc3ccc4ncsc4c3)C2)C1. The van der Waals surface area contributed by atoms with E-state index in [4.69, 9.17) is 0 Å². The zero-order valence-corrected chi connectivity index (χ0v) is 17.5. The molecule has 2 aromatic carbocycles. The van der Waals surface area contributed by atoms with Gasteiger partial charge in [-0.2, -0.15) is 0 Å². The molecule has 2 aliphatic rings. The van der Waals surface area contributed by atoms with E-state index in [0.29, 0.717) is 13.1 Å². The van der Waals surface area contributed by atoms with Crippen LogP contribution in [0, 0.1) is 0 Å².